The number of benzene rings is 1. The first-order valence-corrected chi connectivity index (χ1v) is 5.76. The molecule has 2 aromatic rings. The fraction of sp³-hybridized carbons (Fsp3) is 0.286. The lowest BCUT2D eigenvalue weighted by atomic mass is 10.1. The molecular weight excluding hydrogens is 212 g/mol. The molecule has 0 unspecified atom stereocenters. The topological polar surface area (TPSA) is 45.9 Å². The minimum atomic E-state index is 0.581. The summed E-state index contributed by atoms with van der Waals surface area (Å²) >= 11 is 0. The van der Waals surface area contributed by atoms with E-state index in [1.165, 1.54) is 0 Å². The molecule has 0 saturated heterocycles. The summed E-state index contributed by atoms with van der Waals surface area (Å²) < 4.78 is 5.61. The Morgan fingerprint density at radius 2 is 2.24 bits per heavy atom. The summed E-state index contributed by atoms with van der Waals surface area (Å²) in [4.78, 5) is 4.24. The van der Waals surface area contributed by atoms with E-state index in [0.717, 1.165) is 36.1 Å². The normalized spacial score (nSPS) is 10.1. The Labute approximate surface area is 101 Å². The van der Waals surface area contributed by atoms with Crippen LogP contribution in [0.15, 0.2) is 30.5 Å². The average molecular weight is 226 g/mol. The SMILES string of the molecule is CCCCOc1ccc2cc(C#N)cnc2c1. The van der Waals surface area contributed by atoms with Crippen LogP contribution in [0.4, 0.5) is 0 Å². The van der Waals surface area contributed by atoms with Gasteiger partial charge in [-0.3, -0.25) is 4.98 Å². The Morgan fingerprint density at radius 3 is 3.00 bits per heavy atom. The zero-order valence-electron chi connectivity index (χ0n) is 9.81. The third-order valence-corrected chi connectivity index (χ3v) is 2.55. The monoisotopic (exact) mass is 226 g/mol. The van der Waals surface area contributed by atoms with Gasteiger partial charge in [0.15, 0.2) is 0 Å². The van der Waals surface area contributed by atoms with Crippen LogP contribution in [0.25, 0.3) is 10.9 Å². The smallest absolute Gasteiger partial charge is 0.121 e. The van der Waals surface area contributed by atoms with Crippen molar-refractivity contribution in [1.29, 1.82) is 5.26 Å². The first kappa shape index (κ1) is 11.4. The van der Waals surface area contributed by atoms with Crippen molar-refractivity contribution >= 4 is 10.9 Å². The molecule has 86 valence electrons. The van der Waals surface area contributed by atoms with Crippen molar-refractivity contribution in [2.75, 3.05) is 6.61 Å². The van der Waals surface area contributed by atoms with E-state index in [2.05, 4.69) is 18.0 Å². The summed E-state index contributed by atoms with van der Waals surface area (Å²) in [6.45, 7) is 2.87. The molecule has 3 nitrogen and oxygen atoms in total. The lowest BCUT2D eigenvalue weighted by Gasteiger charge is -2.06. The maximum atomic E-state index is 8.78. The summed E-state index contributed by atoms with van der Waals surface area (Å²) in [6, 6.07) is 9.67. The van der Waals surface area contributed by atoms with Gasteiger partial charge in [0, 0.05) is 17.6 Å². The number of nitrogens with zero attached hydrogens (tertiary/aromatic N) is 2. The second-order valence-corrected chi connectivity index (χ2v) is 3.89. The predicted molar refractivity (Wildman–Crippen MR) is 66.9 cm³/mol. The molecule has 1 aromatic carbocycles. The highest BCUT2D eigenvalue weighted by molar-refractivity contribution is 5.81. The molecule has 0 amide bonds. The molecule has 0 saturated carbocycles. The van der Waals surface area contributed by atoms with Crippen LogP contribution in [-0.4, -0.2) is 11.6 Å². The Morgan fingerprint density at radius 1 is 1.35 bits per heavy atom. The van der Waals surface area contributed by atoms with Crippen molar-refractivity contribution in [2.24, 2.45) is 0 Å². The number of hydrogen-bond acceptors (Lipinski definition) is 3. The van der Waals surface area contributed by atoms with Gasteiger partial charge in [-0.1, -0.05) is 13.3 Å². The summed E-state index contributed by atoms with van der Waals surface area (Å²) in [7, 11) is 0. The molecule has 0 fully saturated rings. The third-order valence-electron chi connectivity index (χ3n) is 2.55. The van der Waals surface area contributed by atoms with Gasteiger partial charge in [0.2, 0.25) is 0 Å². The molecule has 1 heterocycles. The summed E-state index contributed by atoms with van der Waals surface area (Å²) in [5, 5.41) is 9.74. The van der Waals surface area contributed by atoms with Gasteiger partial charge in [0.25, 0.3) is 0 Å². The zero-order chi connectivity index (χ0) is 12.1. The Hall–Kier alpha value is -2.08. The molecule has 2 rings (SSSR count). The fourth-order valence-corrected chi connectivity index (χ4v) is 1.59. The Bertz CT molecular complexity index is 558. The molecule has 0 bridgehead atoms. The van der Waals surface area contributed by atoms with E-state index in [-0.39, 0.29) is 0 Å². The highest BCUT2D eigenvalue weighted by atomic mass is 16.5. The molecule has 17 heavy (non-hydrogen) atoms. The highest BCUT2D eigenvalue weighted by Crippen LogP contribution is 2.20. The van der Waals surface area contributed by atoms with E-state index >= 15 is 0 Å². The number of rotatable bonds is 4. The number of ether oxygens (including phenoxy) is 1. The minimum absolute atomic E-state index is 0.581. The lowest BCUT2D eigenvalue weighted by Crippen LogP contribution is -1.96. The highest BCUT2D eigenvalue weighted by Gasteiger charge is 2.00. The summed E-state index contributed by atoms with van der Waals surface area (Å²) in [5.41, 5.74) is 1.44. The van der Waals surface area contributed by atoms with Gasteiger partial charge in [0.05, 0.1) is 17.7 Å². The van der Waals surface area contributed by atoms with Gasteiger partial charge >= 0.3 is 0 Å². The van der Waals surface area contributed by atoms with Gasteiger partial charge in [-0.15, -0.1) is 0 Å². The lowest BCUT2D eigenvalue weighted by molar-refractivity contribution is 0.310. The molecule has 0 aliphatic carbocycles. The largest absolute Gasteiger partial charge is 0.494 e. The van der Waals surface area contributed by atoms with E-state index in [4.69, 9.17) is 10.00 Å². The van der Waals surface area contributed by atoms with Crippen LogP contribution in [0.2, 0.25) is 0 Å². The van der Waals surface area contributed by atoms with Crippen molar-refractivity contribution in [3.05, 3.63) is 36.0 Å². The van der Waals surface area contributed by atoms with Crippen molar-refractivity contribution < 1.29 is 4.74 Å². The van der Waals surface area contributed by atoms with Crippen molar-refractivity contribution in [2.45, 2.75) is 19.8 Å². The van der Waals surface area contributed by atoms with E-state index < -0.39 is 0 Å². The standard InChI is InChI=1S/C14H14N2O/c1-2-3-6-17-13-5-4-12-7-11(9-15)10-16-14(12)8-13/h4-5,7-8,10H,2-3,6H2,1H3. The molecule has 0 aliphatic heterocycles. The van der Waals surface area contributed by atoms with Gasteiger partial charge < -0.3 is 4.74 Å². The van der Waals surface area contributed by atoms with Crippen molar-refractivity contribution in [3.8, 4) is 11.8 Å². The van der Waals surface area contributed by atoms with E-state index in [1.807, 2.05) is 24.3 Å². The molecule has 3 heteroatoms. The van der Waals surface area contributed by atoms with Gasteiger partial charge in [0.1, 0.15) is 11.8 Å². The van der Waals surface area contributed by atoms with Crippen LogP contribution < -0.4 is 4.74 Å². The Kier molecular flexibility index (Phi) is 3.56. The first-order valence-electron chi connectivity index (χ1n) is 5.76. The maximum Gasteiger partial charge on any atom is 0.121 e. The second-order valence-electron chi connectivity index (χ2n) is 3.89. The molecule has 0 N–H and O–H groups in total. The third kappa shape index (κ3) is 2.73. The number of pyridine rings is 1. The Balaban J connectivity index is 2.23. The second kappa shape index (κ2) is 5.31. The number of unbranched alkanes of at least 4 members (excludes halogenated alkanes) is 1. The van der Waals surface area contributed by atoms with Crippen LogP contribution in [0.1, 0.15) is 25.3 Å². The quantitative estimate of drug-likeness (QED) is 0.751. The number of aromatic nitrogens is 1. The molecular formula is C14H14N2O. The molecule has 0 atom stereocenters. The summed E-state index contributed by atoms with van der Waals surface area (Å²) in [5.74, 6) is 0.836. The molecule has 0 radical (unpaired) electrons. The number of fused-ring (bicyclic) bond motifs is 1. The first-order chi connectivity index (χ1) is 8.33. The molecule has 1 aromatic heterocycles. The van der Waals surface area contributed by atoms with Crippen molar-refractivity contribution in [3.63, 3.8) is 0 Å². The van der Waals surface area contributed by atoms with E-state index in [0.29, 0.717) is 5.56 Å². The van der Waals surface area contributed by atoms with Crippen molar-refractivity contribution in [1.82, 2.24) is 4.98 Å². The van der Waals surface area contributed by atoms with Crippen LogP contribution in [-0.2, 0) is 0 Å². The van der Waals surface area contributed by atoms with Crippen LogP contribution in [0, 0.1) is 11.3 Å². The van der Waals surface area contributed by atoms with Gasteiger partial charge in [-0.05, 0) is 24.6 Å². The fourth-order valence-electron chi connectivity index (χ4n) is 1.59. The van der Waals surface area contributed by atoms with E-state index in [9.17, 15) is 0 Å². The van der Waals surface area contributed by atoms with Gasteiger partial charge in [-0.2, -0.15) is 5.26 Å². The predicted octanol–water partition coefficient (Wildman–Crippen LogP) is 3.29. The number of hydrogen-bond donors (Lipinski definition) is 0. The van der Waals surface area contributed by atoms with E-state index in [1.54, 1.807) is 6.20 Å². The van der Waals surface area contributed by atoms with Crippen LogP contribution in [0.5, 0.6) is 5.75 Å². The maximum absolute atomic E-state index is 8.78. The molecule has 0 aliphatic rings. The summed E-state index contributed by atoms with van der Waals surface area (Å²) in [6.07, 6.45) is 3.76. The number of nitriles is 1. The minimum Gasteiger partial charge on any atom is -0.494 e. The van der Waals surface area contributed by atoms with Gasteiger partial charge in [-0.25, -0.2) is 0 Å². The van der Waals surface area contributed by atoms with Crippen LogP contribution in [0.3, 0.4) is 0 Å². The molecule has 0 spiro atoms. The zero-order valence-corrected chi connectivity index (χ0v) is 9.81. The average Bonchev–Trinajstić information content (AvgIpc) is 2.38. The van der Waals surface area contributed by atoms with Crippen LogP contribution >= 0.6 is 0 Å².